The van der Waals surface area contributed by atoms with Crippen LogP contribution in [0.3, 0.4) is 0 Å². The van der Waals surface area contributed by atoms with Crippen molar-refractivity contribution >= 4 is 11.9 Å². The van der Waals surface area contributed by atoms with Crippen molar-refractivity contribution < 1.29 is 23.8 Å². The van der Waals surface area contributed by atoms with Gasteiger partial charge in [-0.25, -0.2) is 4.39 Å². The summed E-state index contributed by atoms with van der Waals surface area (Å²) >= 11 is 0. The van der Waals surface area contributed by atoms with Crippen LogP contribution in [-0.4, -0.2) is 42.1 Å². The summed E-state index contributed by atoms with van der Waals surface area (Å²) in [7, 11) is 1.42. The van der Waals surface area contributed by atoms with Crippen molar-refractivity contribution in [3.05, 3.63) is 29.6 Å². The molecule has 0 aliphatic carbocycles. The summed E-state index contributed by atoms with van der Waals surface area (Å²) in [5.41, 5.74) is -0.0211. The van der Waals surface area contributed by atoms with E-state index in [1.54, 1.807) is 6.92 Å². The molecule has 1 heterocycles. The Labute approximate surface area is 116 Å². The van der Waals surface area contributed by atoms with Gasteiger partial charge in [-0.05, 0) is 12.1 Å². The van der Waals surface area contributed by atoms with Crippen molar-refractivity contribution in [2.24, 2.45) is 11.8 Å². The summed E-state index contributed by atoms with van der Waals surface area (Å²) in [6.07, 6.45) is 0. The van der Waals surface area contributed by atoms with E-state index < -0.39 is 23.6 Å². The van der Waals surface area contributed by atoms with E-state index in [-0.39, 0.29) is 11.5 Å². The smallest absolute Gasteiger partial charge is 0.306 e. The van der Waals surface area contributed by atoms with E-state index >= 15 is 0 Å². The molecule has 1 unspecified atom stereocenters. The van der Waals surface area contributed by atoms with Gasteiger partial charge in [-0.1, -0.05) is 6.92 Å². The number of ether oxygens (including phenoxy) is 1. The van der Waals surface area contributed by atoms with Crippen molar-refractivity contribution in [2.45, 2.75) is 6.92 Å². The standard InChI is InChI=1S/C14H16FNO4/c1-8(14(18)19)9-6-16(7-9)13(17)11-4-3-10(20-2)5-12(11)15/h3-5,8-9H,6-7H2,1-2H3,(H,18,19). The van der Waals surface area contributed by atoms with Crippen molar-refractivity contribution in [3.8, 4) is 5.75 Å². The summed E-state index contributed by atoms with van der Waals surface area (Å²) < 4.78 is 18.6. The number of amides is 1. The third-order valence-corrected chi connectivity index (χ3v) is 3.70. The Morgan fingerprint density at radius 1 is 1.45 bits per heavy atom. The molecule has 1 N–H and O–H groups in total. The molecule has 2 rings (SSSR count). The van der Waals surface area contributed by atoms with E-state index in [9.17, 15) is 14.0 Å². The number of carbonyl (C=O) groups is 2. The summed E-state index contributed by atoms with van der Waals surface area (Å²) in [5, 5.41) is 8.88. The Morgan fingerprint density at radius 2 is 2.10 bits per heavy atom. The number of methoxy groups -OCH3 is 1. The zero-order valence-corrected chi connectivity index (χ0v) is 11.3. The minimum Gasteiger partial charge on any atom is -0.497 e. The fourth-order valence-electron chi connectivity index (χ4n) is 2.16. The topological polar surface area (TPSA) is 66.8 Å². The number of carboxylic acid groups (broad SMARTS) is 1. The molecule has 1 atom stereocenters. The number of likely N-dealkylation sites (tertiary alicyclic amines) is 1. The van der Waals surface area contributed by atoms with Gasteiger partial charge in [0.05, 0.1) is 18.6 Å². The number of hydrogen-bond acceptors (Lipinski definition) is 3. The highest BCUT2D eigenvalue weighted by Crippen LogP contribution is 2.27. The Kier molecular flexibility index (Phi) is 3.92. The first-order valence-electron chi connectivity index (χ1n) is 6.29. The normalized spacial score (nSPS) is 16.4. The molecular formula is C14H16FNO4. The molecule has 1 aromatic carbocycles. The van der Waals surface area contributed by atoms with Gasteiger partial charge in [0.25, 0.3) is 5.91 Å². The summed E-state index contributed by atoms with van der Waals surface area (Å²) in [4.78, 5) is 24.4. The van der Waals surface area contributed by atoms with Gasteiger partial charge < -0.3 is 14.7 Å². The number of hydrogen-bond donors (Lipinski definition) is 1. The molecule has 1 saturated heterocycles. The average molecular weight is 281 g/mol. The fourth-order valence-corrected chi connectivity index (χ4v) is 2.16. The first kappa shape index (κ1) is 14.3. The van der Waals surface area contributed by atoms with E-state index in [1.807, 2.05) is 0 Å². The Bertz CT molecular complexity index is 540. The van der Waals surface area contributed by atoms with Gasteiger partial charge in [-0.3, -0.25) is 9.59 Å². The van der Waals surface area contributed by atoms with Crippen LogP contribution in [0.15, 0.2) is 18.2 Å². The lowest BCUT2D eigenvalue weighted by molar-refractivity contribution is -0.144. The maximum absolute atomic E-state index is 13.8. The number of rotatable bonds is 4. The van der Waals surface area contributed by atoms with Gasteiger partial charge in [0, 0.05) is 25.1 Å². The van der Waals surface area contributed by atoms with Crippen LogP contribution in [0.25, 0.3) is 0 Å². The Balaban J connectivity index is 2.02. The quantitative estimate of drug-likeness (QED) is 0.910. The van der Waals surface area contributed by atoms with Gasteiger partial charge in [0.2, 0.25) is 0 Å². The zero-order chi connectivity index (χ0) is 14.9. The first-order chi connectivity index (χ1) is 9.43. The number of nitrogens with zero attached hydrogens (tertiary/aromatic N) is 1. The number of benzene rings is 1. The second-order valence-electron chi connectivity index (χ2n) is 4.94. The van der Waals surface area contributed by atoms with Gasteiger partial charge >= 0.3 is 5.97 Å². The number of aliphatic carboxylic acids is 1. The predicted molar refractivity (Wildman–Crippen MR) is 69.1 cm³/mol. The molecular weight excluding hydrogens is 265 g/mol. The molecule has 20 heavy (non-hydrogen) atoms. The number of carbonyl (C=O) groups excluding carboxylic acids is 1. The monoisotopic (exact) mass is 281 g/mol. The number of halogens is 1. The molecule has 0 radical (unpaired) electrons. The van der Waals surface area contributed by atoms with E-state index in [1.165, 1.54) is 24.1 Å². The van der Waals surface area contributed by atoms with Crippen LogP contribution in [0.1, 0.15) is 17.3 Å². The van der Waals surface area contributed by atoms with Crippen LogP contribution in [0.5, 0.6) is 5.75 Å². The lowest BCUT2D eigenvalue weighted by Crippen LogP contribution is -2.53. The molecule has 5 nitrogen and oxygen atoms in total. The van der Waals surface area contributed by atoms with E-state index in [0.717, 1.165) is 6.07 Å². The molecule has 1 fully saturated rings. The van der Waals surface area contributed by atoms with Crippen molar-refractivity contribution in [3.63, 3.8) is 0 Å². The molecule has 0 bridgehead atoms. The summed E-state index contributed by atoms with van der Waals surface area (Å²) in [6.45, 7) is 2.30. The molecule has 1 aliphatic rings. The molecule has 108 valence electrons. The molecule has 0 aromatic heterocycles. The van der Waals surface area contributed by atoms with Crippen molar-refractivity contribution in [2.75, 3.05) is 20.2 Å². The van der Waals surface area contributed by atoms with E-state index in [4.69, 9.17) is 9.84 Å². The molecule has 1 aliphatic heterocycles. The van der Waals surface area contributed by atoms with Crippen molar-refractivity contribution in [1.29, 1.82) is 0 Å². The highest BCUT2D eigenvalue weighted by Gasteiger charge is 2.38. The van der Waals surface area contributed by atoms with Gasteiger partial charge in [-0.2, -0.15) is 0 Å². The third kappa shape index (κ3) is 2.59. The van der Waals surface area contributed by atoms with Gasteiger partial charge in [0.1, 0.15) is 11.6 Å². The first-order valence-corrected chi connectivity index (χ1v) is 6.29. The molecule has 1 amide bonds. The highest BCUT2D eigenvalue weighted by molar-refractivity contribution is 5.95. The third-order valence-electron chi connectivity index (χ3n) is 3.70. The van der Waals surface area contributed by atoms with Crippen LogP contribution in [0, 0.1) is 17.7 Å². The van der Waals surface area contributed by atoms with Crippen LogP contribution in [0.4, 0.5) is 4.39 Å². The predicted octanol–water partition coefficient (Wildman–Crippen LogP) is 1.63. The summed E-state index contributed by atoms with van der Waals surface area (Å²) in [6, 6.07) is 4.06. The largest absolute Gasteiger partial charge is 0.497 e. The lowest BCUT2D eigenvalue weighted by atomic mass is 9.86. The Hall–Kier alpha value is -2.11. The molecule has 0 saturated carbocycles. The minimum atomic E-state index is -0.877. The fraction of sp³-hybridized carbons (Fsp3) is 0.429. The number of carboxylic acids is 1. The summed E-state index contributed by atoms with van der Waals surface area (Å²) in [5.74, 6) is -2.15. The molecule has 6 heteroatoms. The van der Waals surface area contributed by atoms with E-state index in [2.05, 4.69) is 0 Å². The van der Waals surface area contributed by atoms with Crippen LogP contribution in [0.2, 0.25) is 0 Å². The lowest BCUT2D eigenvalue weighted by Gasteiger charge is -2.41. The Morgan fingerprint density at radius 3 is 2.60 bits per heavy atom. The highest BCUT2D eigenvalue weighted by atomic mass is 19.1. The maximum Gasteiger partial charge on any atom is 0.306 e. The second kappa shape index (κ2) is 5.48. The molecule has 0 spiro atoms. The van der Waals surface area contributed by atoms with Crippen LogP contribution < -0.4 is 4.74 Å². The SMILES string of the molecule is COc1ccc(C(=O)N2CC(C(C)C(=O)O)C2)c(F)c1. The molecule has 1 aromatic rings. The van der Waals surface area contributed by atoms with Gasteiger partial charge in [0.15, 0.2) is 0 Å². The maximum atomic E-state index is 13.8. The van der Waals surface area contributed by atoms with Crippen LogP contribution in [-0.2, 0) is 4.79 Å². The van der Waals surface area contributed by atoms with E-state index in [0.29, 0.717) is 18.8 Å². The zero-order valence-electron chi connectivity index (χ0n) is 11.3. The minimum absolute atomic E-state index is 0.0211. The average Bonchev–Trinajstić information content (AvgIpc) is 2.36. The van der Waals surface area contributed by atoms with Gasteiger partial charge in [-0.15, -0.1) is 0 Å². The van der Waals surface area contributed by atoms with Crippen molar-refractivity contribution in [1.82, 2.24) is 4.90 Å². The van der Waals surface area contributed by atoms with Crippen LogP contribution >= 0.6 is 0 Å². The second-order valence-corrected chi connectivity index (χ2v) is 4.94.